The Bertz CT molecular complexity index is 1050. The second-order valence-electron chi connectivity index (χ2n) is 19.8. The molecule has 0 bridgehead atoms. The lowest BCUT2D eigenvalue weighted by atomic mass is 9.81. The van der Waals surface area contributed by atoms with Gasteiger partial charge in [0.2, 0.25) is 0 Å². The molecule has 2 atom stereocenters. The number of Topliss-reactive ketones (excluding diaryl/α,β-unsaturated/α-hetero) is 1. The summed E-state index contributed by atoms with van der Waals surface area (Å²) in [6.07, 6.45) is 37.1. The van der Waals surface area contributed by atoms with Gasteiger partial charge in [0.1, 0.15) is 5.78 Å². The van der Waals surface area contributed by atoms with Gasteiger partial charge in [-0.1, -0.05) is 234 Å². The predicted molar refractivity (Wildman–Crippen MR) is 253 cm³/mol. The van der Waals surface area contributed by atoms with Crippen molar-refractivity contribution in [1.29, 1.82) is 0 Å². The molecule has 0 radical (unpaired) electrons. The number of carbonyl (C=O) groups excluding carboxylic acids is 4. The average molecular weight is 865 g/mol. The molecule has 0 aliphatic rings. The molecule has 1 N–H and O–H groups in total. The number of hydrogen-bond acceptors (Lipinski definition) is 8. The predicted octanol–water partition coefficient (Wildman–Crippen LogP) is 14.8. The lowest BCUT2D eigenvalue weighted by Gasteiger charge is -2.30. The summed E-state index contributed by atoms with van der Waals surface area (Å²) in [6, 6.07) is 0. The third-order valence-electron chi connectivity index (χ3n) is 12.2. The zero-order chi connectivity index (χ0) is 45.4. The Morgan fingerprint density at radius 1 is 0.393 bits per heavy atom. The standard InChI is InChI=1S/C53H100O8/c1-45(2)38-32-26-20-14-8-11-17-23-29-35-41-59-49(55)44-53(58,52(57)61-43-37-31-25-19-13-10-16-22-28-34-40-47(5)6)50(48(7)54)51(56)60-42-36-30-24-18-12-9-15-21-27-33-39-46(3)4/h45-47,50,58H,8-44H2,1-7H3. The van der Waals surface area contributed by atoms with Crippen molar-refractivity contribution < 1.29 is 38.5 Å². The van der Waals surface area contributed by atoms with E-state index in [1.54, 1.807) is 0 Å². The number of carbonyl (C=O) groups is 4. The van der Waals surface area contributed by atoms with E-state index in [1.807, 2.05) is 0 Å². The molecule has 0 fully saturated rings. The number of unbranched alkanes of at least 4 members (excludes halogenated alkanes) is 27. The maximum atomic E-state index is 13.5. The molecular weight excluding hydrogens is 765 g/mol. The summed E-state index contributed by atoms with van der Waals surface area (Å²) in [4.78, 5) is 52.9. The van der Waals surface area contributed by atoms with Crippen molar-refractivity contribution in [2.75, 3.05) is 19.8 Å². The molecule has 0 amide bonds. The van der Waals surface area contributed by atoms with E-state index in [0.717, 1.165) is 82.5 Å². The first-order valence-electron chi connectivity index (χ1n) is 26.0. The van der Waals surface area contributed by atoms with Crippen molar-refractivity contribution in [3.8, 4) is 0 Å². The van der Waals surface area contributed by atoms with Crippen LogP contribution in [0.2, 0.25) is 0 Å². The fraction of sp³-hybridized carbons (Fsp3) is 0.925. The lowest BCUT2D eigenvalue weighted by molar-refractivity contribution is -0.187. The number of ketones is 1. The average Bonchev–Trinajstić information content (AvgIpc) is 3.19. The van der Waals surface area contributed by atoms with E-state index >= 15 is 0 Å². The second kappa shape index (κ2) is 40.8. The molecule has 0 aliphatic carbocycles. The van der Waals surface area contributed by atoms with Crippen molar-refractivity contribution in [3.05, 3.63) is 0 Å². The van der Waals surface area contributed by atoms with E-state index in [2.05, 4.69) is 41.5 Å². The molecule has 0 heterocycles. The Morgan fingerprint density at radius 2 is 0.656 bits per heavy atom. The fourth-order valence-electron chi connectivity index (χ4n) is 8.20. The molecule has 0 saturated carbocycles. The minimum Gasteiger partial charge on any atom is -0.466 e. The van der Waals surface area contributed by atoms with Crippen LogP contribution in [0.5, 0.6) is 0 Å². The highest BCUT2D eigenvalue weighted by molar-refractivity contribution is 6.05. The summed E-state index contributed by atoms with van der Waals surface area (Å²) in [7, 11) is 0. The highest BCUT2D eigenvalue weighted by atomic mass is 16.6. The van der Waals surface area contributed by atoms with E-state index in [4.69, 9.17) is 14.2 Å². The third kappa shape index (κ3) is 36.1. The fourth-order valence-corrected chi connectivity index (χ4v) is 8.20. The zero-order valence-corrected chi connectivity index (χ0v) is 41.3. The largest absolute Gasteiger partial charge is 0.466 e. The van der Waals surface area contributed by atoms with Crippen LogP contribution in [-0.4, -0.2) is 54.2 Å². The Balaban J connectivity index is 4.89. The molecule has 0 aromatic heterocycles. The normalized spacial score (nSPS) is 13.2. The van der Waals surface area contributed by atoms with Gasteiger partial charge in [0.15, 0.2) is 11.5 Å². The highest BCUT2D eigenvalue weighted by Gasteiger charge is 2.54. The molecule has 0 aromatic carbocycles. The summed E-state index contributed by atoms with van der Waals surface area (Å²) in [5.74, 6) is -3.28. The van der Waals surface area contributed by atoms with E-state index in [-0.39, 0.29) is 19.8 Å². The van der Waals surface area contributed by atoms with Gasteiger partial charge in [0.05, 0.1) is 26.2 Å². The van der Waals surface area contributed by atoms with Crippen molar-refractivity contribution >= 4 is 23.7 Å². The van der Waals surface area contributed by atoms with Crippen LogP contribution in [0.15, 0.2) is 0 Å². The highest BCUT2D eigenvalue weighted by Crippen LogP contribution is 2.28. The number of esters is 3. The Kier molecular flexibility index (Phi) is 39.5. The zero-order valence-electron chi connectivity index (χ0n) is 41.3. The molecule has 0 aliphatic heterocycles. The summed E-state index contributed by atoms with van der Waals surface area (Å²) >= 11 is 0. The van der Waals surface area contributed by atoms with Crippen molar-refractivity contribution in [2.45, 2.75) is 272 Å². The van der Waals surface area contributed by atoms with E-state index in [9.17, 15) is 24.3 Å². The van der Waals surface area contributed by atoms with Crippen LogP contribution in [-0.2, 0) is 33.4 Å². The summed E-state index contributed by atoms with van der Waals surface area (Å²) < 4.78 is 16.4. The summed E-state index contributed by atoms with van der Waals surface area (Å²) in [6.45, 7) is 15.1. The Morgan fingerprint density at radius 3 is 0.951 bits per heavy atom. The quantitative estimate of drug-likeness (QED) is 0.0278. The second-order valence-corrected chi connectivity index (χ2v) is 19.8. The van der Waals surface area contributed by atoms with Crippen molar-refractivity contribution in [2.24, 2.45) is 23.7 Å². The lowest BCUT2D eigenvalue weighted by Crippen LogP contribution is -2.55. The van der Waals surface area contributed by atoms with Crippen LogP contribution in [0.25, 0.3) is 0 Å². The Hall–Kier alpha value is -1.96. The molecule has 8 nitrogen and oxygen atoms in total. The molecular formula is C53H100O8. The first-order valence-corrected chi connectivity index (χ1v) is 26.0. The Labute approximate surface area is 376 Å². The molecule has 8 heteroatoms. The minimum absolute atomic E-state index is 0.0297. The number of rotatable bonds is 45. The van der Waals surface area contributed by atoms with Gasteiger partial charge < -0.3 is 19.3 Å². The topological polar surface area (TPSA) is 116 Å². The van der Waals surface area contributed by atoms with Crippen molar-refractivity contribution in [1.82, 2.24) is 0 Å². The maximum absolute atomic E-state index is 13.5. The summed E-state index contributed by atoms with van der Waals surface area (Å²) in [5, 5.41) is 11.8. The minimum atomic E-state index is -2.71. The van der Waals surface area contributed by atoms with Crippen LogP contribution in [0, 0.1) is 23.7 Å². The first-order chi connectivity index (χ1) is 29.3. The number of hydrogen-bond donors (Lipinski definition) is 1. The third-order valence-corrected chi connectivity index (χ3v) is 12.2. The van der Waals surface area contributed by atoms with Gasteiger partial charge >= 0.3 is 17.9 Å². The van der Waals surface area contributed by atoms with Gasteiger partial charge in [-0.05, 0) is 43.9 Å². The monoisotopic (exact) mass is 865 g/mol. The van der Waals surface area contributed by atoms with Crippen LogP contribution in [0.3, 0.4) is 0 Å². The van der Waals surface area contributed by atoms with Crippen LogP contribution < -0.4 is 0 Å². The van der Waals surface area contributed by atoms with Gasteiger partial charge in [0.25, 0.3) is 0 Å². The molecule has 0 saturated heterocycles. The maximum Gasteiger partial charge on any atom is 0.340 e. The van der Waals surface area contributed by atoms with E-state index in [0.29, 0.717) is 19.3 Å². The van der Waals surface area contributed by atoms with Gasteiger partial charge in [-0.2, -0.15) is 0 Å². The number of aliphatic hydroxyl groups is 1. The molecule has 0 aromatic rings. The van der Waals surface area contributed by atoms with Crippen LogP contribution in [0.4, 0.5) is 0 Å². The van der Waals surface area contributed by atoms with Crippen LogP contribution >= 0.6 is 0 Å². The van der Waals surface area contributed by atoms with Gasteiger partial charge in [-0.15, -0.1) is 0 Å². The first kappa shape index (κ1) is 59.0. The van der Waals surface area contributed by atoms with E-state index < -0.39 is 41.6 Å². The number of ether oxygens (including phenoxy) is 3. The van der Waals surface area contributed by atoms with E-state index in [1.165, 1.54) is 135 Å². The molecule has 61 heavy (non-hydrogen) atoms. The summed E-state index contributed by atoms with van der Waals surface area (Å²) in [5.41, 5.74) is -2.71. The van der Waals surface area contributed by atoms with Crippen LogP contribution in [0.1, 0.15) is 267 Å². The molecule has 0 spiro atoms. The van der Waals surface area contributed by atoms with Gasteiger partial charge in [-0.25, -0.2) is 4.79 Å². The van der Waals surface area contributed by atoms with Gasteiger partial charge in [-0.3, -0.25) is 14.4 Å². The van der Waals surface area contributed by atoms with Gasteiger partial charge in [0, 0.05) is 0 Å². The molecule has 360 valence electrons. The molecule has 2 unspecified atom stereocenters. The van der Waals surface area contributed by atoms with Crippen molar-refractivity contribution in [3.63, 3.8) is 0 Å². The molecule has 0 rings (SSSR count). The smallest absolute Gasteiger partial charge is 0.340 e. The SMILES string of the molecule is CC(=O)C(C(=O)OCCCCCCCCCCCCC(C)C)C(O)(CC(=O)OCCCCCCCCCCCCC(C)C)C(=O)OCCCCCCCCCCCCC(C)C.